The van der Waals surface area contributed by atoms with Crippen molar-refractivity contribution in [3.05, 3.63) is 29.8 Å². The third-order valence-electron chi connectivity index (χ3n) is 5.94. The average molecular weight is 403 g/mol. The highest BCUT2D eigenvalue weighted by Gasteiger charge is 2.18. The van der Waals surface area contributed by atoms with E-state index in [-0.39, 0.29) is 5.91 Å². The fourth-order valence-corrected chi connectivity index (χ4v) is 4.07. The third-order valence-corrected chi connectivity index (χ3v) is 5.94. The quantitative estimate of drug-likeness (QED) is 0.333. The van der Waals surface area contributed by atoms with Crippen LogP contribution in [0.3, 0.4) is 0 Å². The van der Waals surface area contributed by atoms with E-state index in [9.17, 15) is 4.79 Å². The van der Waals surface area contributed by atoms with Crippen molar-refractivity contribution in [2.75, 3.05) is 31.6 Å². The molecule has 1 saturated heterocycles. The van der Waals surface area contributed by atoms with E-state index in [0.29, 0.717) is 6.61 Å². The fraction of sp³-hybridized carbons (Fsp3) is 0.720. The molecule has 4 nitrogen and oxygen atoms in total. The number of unbranched alkanes of at least 4 members (excludes halogenated alkanes) is 11. The van der Waals surface area contributed by atoms with Crippen molar-refractivity contribution in [1.29, 1.82) is 0 Å². The zero-order chi connectivity index (χ0) is 20.6. The molecule has 0 aliphatic carbocycles. The van der Waals surface area contributed by atoms with Crippen molar-refractivity contribution in [3.8, 4) is 0 Å². The van der Waals surface area contributed by atoms with Crippen LogP contribution in [-0.2, 0) is 0 Å². The number of nitrogens with one attached hydrogen (secondary N) is 1. The van der Waals surface area contributed by atoms with E-state index in [4.69, 9.17) is 5.11 Å². The topological polar surface area (TPSA) is 52.6 Å². The van der Waals surface area contributed by atoms with Crippen LogP contribution in [0, 0.1) is 0 Å². The minimum atomic E-state index is 0.177. The second-order valence-corrected chi connectivity index (χ2v) is 8.47. The first-order valence-electron chi connectivity index (χ1n) is 12.1. The molecule has 0 spiro atoms. The zero-order valence-electron chi connectivity index (χ0n) is 18.3. The molecule has 1 aliphatic heterocycles. The van der Waals surface area contributed by atoms with Crippen molar-refractivity contribution in [1.82, 2.24) is 4.90 Å². The van der Waals surface area contributed by atoms with E-state index in [0.717, 1.165) is 50.1 Å². The molecule has 4 heteroatoms. The van der Waals surface area contributed by atoms with Crippen LogP contribution in [-0.4, -0.2) is 42.2 Å². The normalized spacial score (nSPS) is 13.8. The van der Waals surface area contributed by atoms with Gasteiger partial charge >= 0.3 is 0 Å². The maximum Gasteiger partial charge on any atom is 0.253 e. The summed E-state index contributed by atoms with van der Waals surface area (Å²) in [6.45, 7) is 3.17. The van der Waals surface area contributed by atoms with Gasteiger partial charge in [-0.05, 0) is 49.9 Å². The lowest BCUT2D eigenvalue weighted by Crippen LogP contribution is -2.27. The third kappa shape index (κ3) is 10.2. The molecule has 29 heavy (non-hydrogen) atoms. The molecule has 1 aromatic rings. The summed E-state index contributed by atoms with van der Waals surface area (Å²) in [6, 6.07) is 7.98. The predicted molar refractivity (Wildman–Crippen MR) is 123 cm³/mol. The van der Waals surface area contributed by atoms with E-state index in [2.05, 4.69) is 5.32 Å². The van der Waals surface area contributed by atoms with Gasteiger partial charge in [-0.3, -0.25) is 4.79 Å². The molecule has 0 unspecified atom stereocenters. The highest BCUT2D eigenvalue weighted by atomic mass is 16.2. The molecule has 0 saturated carbocycles. The summed E-state index contributed by atoms with van der Waals surface area (Å²) in [5.41, 5.74) is 1.92. The van der Waals surface area contributed by atoms with Gasteiger partial charge in [0.2, 0.25) is 0 Å². The molecule has 1 amide bonds. The van der Waals surface area contributed by atoms with Gasteiger partial charge in [0.15, 0.2) is 0 Å². The zero-order valence-corrected chi connectivity index (χ0v) is 18.3. The minimum absolute atomic E-state index is 0.177. The number of hydrogen-bond acceptors (Lipinski definition) is 3. The Kier molecular flexibility index (Phi) is 12.5. The number of benzene rings is 1. The largest absolute Gasteiger partial charge is 0.396 e. The lowest BCUT2D eigenvalue weighted by molar-refractivity contribution is 0.0793. The SMILES string of the molecule is O=C(c1ccc(NCCCCCCCCCCCCCCO)cc1)N1CCCC1. The summed E-state index contributed by atoms with van der Waals surface area (Å²) in [7, 11) is 0. The number of nitrogens with zero attached hydrogens (tertiary/aromatic N) is 1. The van der Waals surface area contributed by atoms with Crippen molar-refractivity contribution in [2.24, 2.45) is 0 Å². The van der Waals surface area contributed by atoms with E-state index in [1.807, 2.05) is 29.2 Å². The van der Waals surface area contributed by atoms with Crippen molar-refractivity contribution in [3.63, 3.8) is 0 Å². The Bertz CT molecular complexity index is 538. The van der Waals surface area contributed by atoms with E-state index in [1.54, 1.807) is 0 Å². The summed E-state index contributed by atoms with van der Waals surface area (Å²) in [4.78, 5) is 14.3. The van der Waals surface area contributed by atoms with Crippen LogP contribution >= 0.6 is 0 Å². The standard InChI is InChI=1S/C25H42N2O2/c28-22-14-10-8-6-4-2-1-3-5-7-9-11-19-26-24-17-15-23(16-18-24)25(29)27-20-12-13-21-27/h15-18,26,28H,1-14,19-22H2. The Morgan fingerprint density at radius 3 is 1.76 bits per heavy atom. The number of anilines is 1. The number of carbonyl (C=O) groups excluding carboxylic acids is 1. The number of carbonyl (C=O) groups is 1. The minimum Gasteiger partial charge on any atom is -0.396 e. The molecule has 2 rings (SSSR count). The Morgan fingerprint density at radius 1 is 0.759 bits per heavy atom. The van der Waals surface area contributed by atoms with Gasteiger partial charge in [-0.15, -0.1) is 0 Å². The Balaban J connectivity index is 1.41. The smallest absolute Gasteiger partial charge is 0.253 e. The number of aliphatic hydroxyl groups is 1. The van der Waals surface area contributed by atoms with Crippen LogP contribution in [0.5, 0.6) is 0 Å². The molecular formula is C25H42N2O2. The summed E-state index contributed by atoms with van der Waals surface area (Å²) in [5, 5.41) is 12.2. The molecule has 0 bridgehead atoms. The fourth-order valence-electron chi connectivity index (χ4n) is 4.07. The number of hydrogen-bond donors (Lipinski definition) is 2. The van der Waals surface area contributed by atoms with Gasteiger partial charge in [0.25, 0.3) is 5.91 Å². The number of amides is 1. The summed E-state index contributed by atoms with van der Waals surface area (Å²) in [6.07, 6.45) is 17.7. The molecule has 1 aliphatic rings. The highest BCUT2D eigenvalue weighted by molar-refractivity contribution is 5.94. The summed E-state index contributed by atoms with van der Waals surface area (Å²) < 4.78 is 0. The van der Waals surface area contributed by atoms with Crippen LogP contribution in [0.2, 0.25) is 0 Å². The van der Waals surface area contributed by atoms with Gasteiger partial charge < -0.3 is 15.3 Å². The molecule has 164 valence electrons. The molecule has 1 aromatic carbocycles. The molecular weight excluding hydrogens is 360 g/mol. The van der Waals surface area contributed by atoms with E-state index < -0.39 is 0 Å². The number of aliphatic hydroxyl groups excluding tert-OH is 1. The molecule has 0 radical (unpaired) electrons. The van der Waals surface area contributed by atoms with Crippen molar-refractivity contribution >= 4 is 11.6 Å². The van der Waals surface area contributed by atoms with Crippen LogP contribution in [0.25, 0.3) is 0 Å². The average Bonchev–Trinajstić information content (AvgIpc) is 3.29. The second-order valence-electron chi connectivity index (χ2n) is 8.47. The first-order chi connectivity index (χ1) is 14.3. The molecule has 2 N–H and O–H groups in total. The van der Waals surface area contributed by atoms with E-state index in [1.165, 1.54) is 70.6 Å². The Hall–Kier alpha value is -1.55. The highest BCUT2D eigenvalue weighted by Crippen LogP contribution is 2.16. The first-order valence-corrected chi connectivity index (χ1v) is 12.1. The van der Waals surface area contributed by atoms with E-state index >= 15 is 0 Å². The van der Waals surface area contributed by atoms with Gasteiger partial charge in [0, 0.05) is 37.5 Å². The summed E-state index contributed by atoms with van der Waals surface area (Å²) in [5.74, 6) is 0.177. The lowest BCUT2D eigenvalue weighted by Gasteiger charge is -2.15. The van der Waals surface area contributed by atoms with Crippen LogP contribution in [0.1, 0.15) is 100 Å². The van der Waals surface area contributed by atoms with Gasteiger partial charge in [-0.2, -0.15) is 0 Å². The Labute approximate surface area is 178 Å². The number of likely N-dealkylation sites (tertiary alicyclic amines) is 1. The second kappa shape index (κ2) is 15.3. The van der Waals surface area contributed by atoms with Crippen molar-refractivity contribution < 1.29 is 9.90 Å². The van der Waals surface area contributed by atoms with Gasteiger partial charge in [-0.25, -0.2) is 0 Å². The molecule has 0 aromatic heterocycles. The van der Waals surface area contributed by atoms with Crippen molar-refractivity contribution in [2.45, 2.75) is 89.9 Å². The molecule has 1 fully saturated rings. The molecule has 1 heterocycles. The molecule has 0 atom stereocenters. The monoisotopic (exact) mass is 402 g/mol. The number of rotatable bonds is 16. The van der Waals surface area contributed by atoms with Gasteiger partial charge in [-0.1, -0.05) is 64.2 Å². The maximum atomic E-state index is 12.4. The first kappa shape index (κ1) is 23.7. The van der Waals surface area contributed by atoms with Gasteiger partial charge in [0.1, 0.15) is 0 Å². The predicted octanol–water partition coefficient (Wildman–Crippen LogP) is 6.01. The van der Waals surface area contributed by atoms with Crippen LogP contribution in [0.4, 0.5) is 5.69 Å². The van der Waals surface area contributed by atoms with Crippen LogP contribution < -0.4 is 5.32 Å². The lowest BCUT2D eigenvalue weighted by atomic mass is 10.1. The Morgan fingerprint density at radius 2 is 1.24 bits per heavy atom. The summed E-state index contributed by atoms with van der Waals surface area (Å²) >= 11 is 0. The van der Waals surface area contributed by atoms with Gasteiger partial charge in [0.05, 0.1) is 0 Å². The maximum absolute atomic E-state index is 12.4. The van der Waals surface area contributed by atoms with Crippen LogP contribution in [0.15, 0.2) is 24.3 Å².